The zero-order valence-corrected chi connectivity index (χ0v) is 22.9. The van der Waals surface area contributed by atoms with Crippen LogP contribution in [0.4, 0.5) is 0 Å². The van der Waals surface area contributed by atoms with Crippen molar-refractivity contribution in [3.05, 3.63) is 46.4 Å². The average molecular weight is 587 g/mol. The molecule has 0 amide bonds. The van der Waals surface area contributed by atoms with Gasteiger partial charge in [0.2, 0.25) is 5.78 Å². The maximum Gasteiger partial charge on any atom is 0.417 e. The number of hydrogen-bond acceptors (Lipinski definition) is 10. The smallest absolute Gasteiger partial charge is 0.417 e. The van der Waals surface area contributed by atoms with Gasteiger partial charge in [0.25, 0.3) is 0 Å². The molecule has 2 rings (SSSR count). The van der Waals surface area contributed by atoms with Crippen molar-refractivity contribution in [2.45, 2.75) is 28.2 Å². The van der Waals surface area contributed by atoms with Crippen molar-refractivity contribution in [1.82, 2.24) is 0 Å². The molecule has 0 aromatic heterocycles. The Morgan fingerprint density at radius 2 is 0.973 bits per heavy atom. The number of carbonyl (C=O) groups excluding carboxylic acids is 4. The van der Waals surface area contributed by atoms with E-state index in [-0.39, 0.29) is 26.2 Å². The van der Waals surface area contributed by atoms with Crippen LogP contribution in [0, 0.1) is 0 Å². The van der Waals surface area contributed by atoms with Crippen molar-refractivity contribution in [3.8, 4) is 23.0 Å². The topological polar surface area (TPSA) is 124 Å². The first-order chi connectivity index (χ1) is 17.1. The van der Waals surface area contributed by atoms with Crippen LogP contribution in [0.25, 0.3) is 0 Å². The molecule has 2 aromatic rings. The summed E-state index contributed by atoms with van der Waals surface area (Å²) in [6.07, 6.45) is 0. The predicted octanol–water partition coefficient (Wildman–Crippen LogP) is 4.69. The number of ether oxygens (including phenoxy) is 6. The lowest BCUT2D eigenvalue weighted by Crippen LogP contribution is -2.19. The Morgan fingerprint density at radius 1 is 0.649 bits per heavy atom. The van der Waals surface area contributed by atoms with Crippen molar-refractivity contribution in [1.29, 1.82) is 0 Å². The van der Waals surface area contributed by atoms with E-state index in [9.17, 15) is 19.2 Å². The van der Waals surface area contributed by atoms with Crippen molar-refractivity contribution >= 4 is 39.4 Å². The number of esters is 2. The van der Waals surface area contributed by atoms with Gasteiger partial charge in [0.1, 0.15) is 23.0 Å². The summed E-state index contributed by atoms with van der Waals surface area (Å²) in [7, 11) is 6.22. The number of hydrogen-bond donors (Lipinski definition) is 0. The molecule has 206 valence electrons. The number of benzene rings is 2. The van der Waals surface area contributed by atoms with Crippen LogP contribution in [-0.2, 0) is 23.9 Å². The molecule has 37 heavy (non-hydrogen) atoms. The van der Waals surface area contributed by atoms with Gasteiger partial charge in [-0.1, -0.05) is 23.4 Å². The second-order valence-corrected chi connectivity index (χ2v) is 7.37. The van der Waals surface area contributed by atoms with Crippen LogP contribution < -0.4 is 18.9 Å². The molecule has 0 unspecified atom stereocenters. The second-order valence-electron chi connectivity index (χ2n) is 6.46. The van der Waals surface area contributed by atoms with Gasteiger partial charge in [0, 0.05) is 29.1 Å². The molecule has 0 heterocycles. The number of methoxy groups -OCH3 is 4. The molecule has 11 heteroatoms. The summed E-state index contributed by atoms with van der Waals surface area (Å²) < 4.78 is 29.7. The SMILES string of the molecule is C.CCOC(=O)C(=O)OCC.COc1cc(Br)cc(OC)c1.COc1cc(OC)cc(C(=O)C(C)=O)c1. The normalized spacial score (nSPS) is 8.97. The van der Waals surface area contributed by atoms with Gasteiger partial charge in [-0.15, -0.1) is 0 Å². The Balaban J connectivity index is 0. The maximum atomic E-state index is 11.4. The van der Waals surface area contributed by atoms with Crippen molar-refractivity contribution in [2.75, 3.05) is 41.7 Å². The maximum absolute atomic E-state index is 11.4. The van der Waals surface area contributed by atoms with Crippen LogP contribution in [0.2, 0.25) is 0 Å². The van der Waals surface area contributed by atoms with Gasteiger partial charge in [0.15, 0.2) is 5.78 Å². The number of halogens is 1. The Labute approximate surface area is 226 Å². The highest BCUT2D eigenvalue weighted by atomic mass is 79.9. The van der Waals surface area contributed by atoms with E-state index in [1.807, 2.05) is 18.2 Å². The van der Waals surface area contributed by atoms with E-state index in [1.54, 1.807) is 34.1 Å². The van der Waals surface area contributed by atoms with Crippen LogP contribution in [-0.4, -0.2) is 65.2 Å². The first-order valence-electron chi connectivity index (χ1n) is 10.6. The van der Waals surface area contributed by atoms with Gasteiger partial charge in [-0.05, 0) is 38.1 Å². The van der Waals surface area contributed by atoms with Gasteiger partial charge in [-0.25, -0.2) is 9.59 Å². The molecule has 0 aliphatic carbocycles. The van der Waals surface area contributed by atoms with E-state index >= 15 is 0 Å². The van der Waals surface area contributed by atoms with E-state index in [1.165, 1.54) is 33.3 Å². The molecule has 0 spiro atoms. The van der Waals surface area contributed by atoms with E-state index < -0.39 is 23.5 Å². The highest BCUT2D eigenvalue weighted by Gasteiger charge is 2.15. The molecule has 0 saturated carbocycles. The molecule has 2 aromatic carbocycles. The molecular formula is C26H35BrO10. The lowest BCUT2D eigenvalue weighted by molar-refractivity contribution is -0.167. The summed E-state index contributed by atoms with van der Waals surface area (Å²) in [4.78, 5) is 43.2. The molecule has 0 fully saturated rings. The fraction of sp³-hybridized carbons (Fsp3) is 0.385. The van der Waals surface area contributed by atoms with E-state index in [4.69, 9.17) is 18.9 Å². The molecule has 0 radical (unpaired) electrons. The molecule has 10 nitrogen and oxygen atoms in total. The fourth-order valence-electron chi connectivity index (χ4n) is 2.29. The fourth-order valence-corrected chi connectivity index (χ4v) is 2.75. The largest absolute Gasteiger partial charge is 0.497 e. The first-order valence-corrected chi connectivity index (χ1v) is 11.4. The van der Waals surface area contributed by atoms with Crippen LogP contribution >= 0.6 is 15.9 Å². The monoisotopic (exact) mass is 586 g/mol. The zero-order valence-electron chi connectivity index (χ0n) is 21.3. The van der Waals surface area contributed by atoms with Gasteiger partial charge in [-0.2, -0.15) is 0 Å². The van der Waals surface area contributed by atoms with Crippen LogP contribution in [0.15, 0.2) is 40.9 Å². The number of carbonyl (C=O) groups is 4. The lowest BCUT2D eigenvalue weighted by Gasteiger charge is -2.06. The molecule has 0 atom stereocenters. The van der Waals surface area contributed by atoms with Crippen molar-refractivity contribution in [3.63, 3.8) is 0 Å². The standard InChI is InChI=1S/C11H12O4.C8H9BrO2.C6H10O4.CH4/c1-7(12)11(13)8-4-9(14-2)6-10(5-8)15-3;1-10-7-3-6(9)4-8(5-7)11-2;1-3-9-5(7)6(8)10-4-2;/h4-6H,1-3H3;3-5H,1-2H3;3-4H2,1-2H3;1H4. The molecule has 0 bridgehead atoms. The number of ketones is 2. The van der Waals surface area contributed by atoms with E-state index in [0.29, 0.717) is 11.5 Å². The highest BCUT2D eigenvalue weighted by Crippen LogP contribution is 2.25. The Hall–Kier alpha value is -3.60. The molecule has 0 saturated heterocycles. The van der Waals surface area contributed by atoms with Gasteiger partial charge < -0.3 is 28.4 Å². The summed E-state index contributed by atoms with van der Waals surface area (Å²) in [5, 5.41) is 0. The third kappa shape index (κ3) is 13.9. The summed E-state index contributed by atoms with van der Waals surface area (Å²) >= 11 is 3.33. The van der Waals surface area contributed by atoms with E-state index in [2.05, 4.69) is 25.4 Å². The minimum absolute atomic E-state index is 0. The Bertz CT molecular complexity index is 960. The first kappa shape index (κ1) is 35.6. The van der Waals surface area contributed by atoms with Gasteiger partial charge >= 0.3 is 11.9 Å². The van der Waals surface area contributed by atoms with Gasteiger partial charge in [-0.3, -0.25) is 9.59 Å². The van der Waals surface area contributed by atoms with Gasteiger partial charge in [0.05, 0.1) is 41.7 Å². The summed E-state index contributed by atoms with van der Waals surface area (Å²) in [5.74, 6) is -0.364. The van der Waals surface area contributed by atoms with Crippen LogP contribution in [0.3, 0.4) is 0 Å². The average Bonchev–Trinajstić information content (AvgIpc) is 2.88. The van der Waals surface area contributed by atoms with E-state index in [0.717, 1.165) is 16.0 Å². The summed E-state index contributed by atoms with van der Waals surface area (Å²) in [6.45, 7) is 4.86. The third-order valence-electron chi connectivity index (χ3n) is 3.97. The minimum atomic E-state index is -0.927. The van der Waals surface area contributed by atoms with Crippen molar-refractivity contribution < 1.29 is 47.6 Å². The predicted molar refractivity (Wildman–Crippen MR) is 142 cm³/mol. The van der Waals surface area contributed by atoms with Crippen LogP contribution in [0.1, 0.15) is 38.6 Å². The summed E-state index contributed by atoms with van der Waals surface area (Å²) in [6, 6.07) is 10.2. The molecular weight excluding hydrogens is 552 g/mol. The highest BCUT2D eigenvalue weighted by molar-refractivity contribution is 9.10. The Kier molecular flexibility index (Phi) is 18.8. The molecule has 0 aliphatic heterocycles. The second kappa shape index (κ2) is 19.6. The molecule has 0 aliphatic rings. The third-order valence-corrected chi connectivity index (χ3v) is 4.42. The minimum Gasteiger partial charge on any atom is -0.497 e. The quantitative estimate of drug-likeness (QED) is 0.244. The number of Topliss-reactive ketones (excluding diaryl/α,β-unsaturated/α-hetero) is 2. The van der Waals surface area contributed by atoms with Crippen molar-refractivity contribution in [2.24, 2.45) is 0 Å². The number of rotatable bonds is 8. The molecule has 0 N–H and O–H groups in total. The van der Waals surface area contributed by atoms with Crippen LogP contribution in [0.5, 0.6) is 23.0 Å². The zero-order chi connectivity index (χ0) is 27.7. The summed E-state index contributed by atoms with van der Waals surface area (Å²) in [5.41, 5.74) is 0.277. The Morgan fingerprint density at radius 3 is 1.24 bits per heavy atom. The lowest BCUT2D eigenvalue weighted by atomic mass is 10.1.